The maximum Gasteiger partial charge on any atom is 0.272 e. The van der Waals surface area contributed by atoms with Gasteiger partial charge in [-0.25, -0.2) is 9.97 Å². The summed E-state index contributed by atoms with van der Waals surface area (Å²) >= 11 is 0. The number of hydrogen-bond donors (Lipinski definition) is 1. The molecule has 0 fully saturated rings. The lowest BCUT2D eigenvalue weighted by Crippen LogP contribution is -2.23. The van der Waals surface area contributed by atoms with E-state index in [2.05, 4.69) is 25.4 Å². The largest absolute Gasteiger partial charge is 0.377 e. The van der Waals surface area contributed by atoms with Gasteiger partial charge in [0, 0.05) is 25.7 Å². The standard InChI is InChI=1S/C12H12N6O3/c1-20-7-9-16-10(21-17-9)5-14-11(19)8-6-18-4-2-3-13-12(18)15-8/h2-4,6H,5,7H2,1H3,(H,14,19). The van der Waals surface area contributed by atoms with Crippen LogP contribution < -0.4 is 5.32 Å². The fraction of sp³-hybridized carbons (Fsp3) is 0.250. The van der Waals surface area contributed by atoms with Crippen molar-refractivity contribution in [3.8, 4) is 0 Å². The molecule has 1 amide bonds. The number of aromatic nitrogens is 5. The lowest BCUT2D eigenvalue weighted by molar-refractivity contribution is 0.0942. The first kappa shape index (κ1) is 13.2. The Morgan fingerprint density at radius 3 is 3.19 bits per heavy atom. The Bertz CT molecular complexity index is 732. The molecule has 9 nitrogen and oxygen atoms in total. The number of imidazole rings is 1. The normalized spacial score (nSPS) is 10.9. The third kappa shape index (κ3) is 2.87. The van der Waals surface area contributed by atoms with Crippen LogP contribution in [0.2, 0.25) is 0 Å². The SMILES string of the molecule is COCc1noc(CNC(=O)c2cn3cccnc3n2)n1. The molecular formula is C12H12N6O3. The van der Waals surface area contributed by atoms with Gasteiger partial charge in [0.05, 0.1) is 6.54 Å². The fourth-order valence-corrected chi connectivity index (χ4v) is 1.74. The van der Waals surface area contributed by atoms with E-state index in [0.29, 0.717) is 17.5 Å². The van der Waals surface area contributed by atoms with E-state index in [1.165, 1.54) is 7.11 Å². The maximum atomic E-state index is 12.0. The summed E-state index contributed by atoms with van der Waals surface area (Å²) in [5, 5.41) is 6.35. The molecule has 0 bridgehead atoms. The first-order valence-electron chi connectivity index (χ1n) is 6.14. The van der Waals surface area contributed by atoms with Crippen molar-refractivity contribution < 1.29 is 14.1 Å². The molecule has 0 saturated heterocycles. The number of nitrogens with one attached hydrogen (secondary N) is 1. The average molecular weight is 288 g/mol. The predicted octanol–water partition coefficient (Wildman–Crippen LogP) is 0.189. The van der Waals surface area contributed by atoms with Crippen LogP contribution in [-0.2, 0) is 17.9 Å². The van der Waals surface area contributed by atoms with E-state index in [-0.39, 0.29) is 24.8 Å². The van der Waals surface area contributed by atoms with E-state index < -0.39 is 0 Å². The van der Waals surface area contributed by atoms with Crippen LogP contribution in [0.1, 0.15) is 22.2 Å². The molecule has 0 radical (unpaired) electrons. The number of rotatable bonds is 5. The number of ether oxygens (including phenoxy) is 1. The Kier molecular flexibility index (Phi) is 3.56. The maximum absolute atomic E-state index is 12.0. The van der Waals surface area contributed by atoms with Gasteiger partial charge in [-0.05, 0) is 6.07 Å². The van der Waals surface area contributed by atoms with Gasteiger partial charge in [-0.2, -0.15) is 4.98 Å². The van der Waals surface area contributed by atoms with E-state index in [9.17, 15) is 4.79 Å². The van der Waals surface area contributed by atoms with Crippen LogP contribution >= 0.6 is 0 Å². The Morgan fingerprint density at radius 1 is 1.48 bits per heavy atom. The van der Waals surface area contributed by atoms with Crippen LogP contribution in [0, 0.1) is 0 Å². The van der Waals surface area contributed by atoms with Crippen LogP contribution in [-0.4, -0.2) is 37.5 Å². The van der Waals surface area contributed by atoms with Crippen LogP contribution in [0.15, 0.2) is 29.2 Å². The second-order valence-corrected chi connectivity index (χ2v) is 4.17. The summed E-state index contributed by atoms with van der Waals surface area (Å²) in [7, 11) is 1.54. The van der Waals surface area contributed by atoms with Crippen molar-refractivity contribution in [2.45, 2.75) is 13.2 Å². The molecule has 108 valence electrons. The number of methoxy groups -OCH3 is 1. The van der Waals surface area contributed by atoms with Crippen molar-refractivity contribution in [3.05, 3.63) is 42.1 Å². The molecule has 3 aromatic heterocycles. The summed E-state index contributed by atoms with van der Waals surface area (Å²) < 4.78 is 11.5. The number of carbonyl (C=O) groups excluding carboxylic acids is 1. The Balaban J connectivity index is 1.65. The van der Waals surface area contributed by atoms with Gasteiger partial charge < -0.3 is 14.6 Å². The zero-order valence-corrected chi connectivity index (χ0v) is 11.2. The van der Waals surface area contributed by atoms with Crippen molar-refractivity contribution in [3.63, 3.8) is 0 Å². The third-order valence-corrected chi connectivity index (χ3v) is 2.65. The molecule has 1 N–H and O–H groups in total. The Labute approximate surface area is 119 Å². The van der Waals surface area contributed by atoms with Gasteiger partial charge in [0.25, 0.3) is 5.91 Å². The Hall–Kier alpha value is -2.81. The molecule has 9 heteroatoms. The van der Waals surface area contributed by atoms with Crippen molar-refractivity contribution in [2.24, 2.45) is 0 Å². The summed E-state index contributed by atoms with van der Waals surface area (Å²) in [6.07, 6.45) is 4.97. The van der Waals surface area contributed by atoms with E-state index in [0.717, 1.165) is 0 Å². The van der Waals surface area contributed by atoms with Crippen molar-refractivity contribution in [1.29, 1.82) is 0 Å². The number of carbonyl (C=O) groups is 1. The average Bonchev–Trinajstić information content (AvgIpc) is 3.11. The topological polar surface area (TPSA) is 107 Å². The lowest BCUT2D eigenvalue weighted by Gasteiger charge is -1.97. The van der Waals surface area contributed by atoms with E-state index >= 15 is 0 Å². The predicted molar refractivity (Wildman–Crippen MR) is 69.2 cm³/mol. The molecule has 0 atom stereocenters. The van der Waals surface area contributed by atoms with Crippen molar-refractivity contribution in [2.75, 3.05) is 7.11 Å². The second kappa shape index (κ2) is 5.67. The minimum atomic E-state index is -0.341. The molecule has 0 saturated carbocycles. The second-order valence-electron chi connectivity index (χ2n) is 4.17. The van der Waals surface area contributed by atoms with E-state index in [1.807, 2.05) is 0 Å². The number of fused-ring (bicyclic) bond motifs is 1. The summed E-state index contributed by atoms with van der Waals surface area (Å²) in [4.78, 5) is 24.2. The molecule has 3 aromatic rings. The van der Waals surface area contributed by atoms with Gasteiger partial charge in [-0.3, -0.25) is 9.20 Å². The summed E-state index contributed by atoms with van der Waals surface area (Å²) in [6.45, 7) is 0.381. The zero-order chi connectivity index (χ0) is 14.7. The number of amides is 1. The zero-order valence-electron chi connectivity index (χ0n) is 11.2. The monoisotopic (exact) mass is 288 g/mol. The minimum absolute atomic E-state index is 0.122. The van der Waals surface area contributed by atoms with Gasteiger partial charge in [0.15, 0.2) is 5.82 Å². The van der Waals surface area contributed by atoms with Crippen LogP contribution in [0.3, 0.4) is 0 Å². The van der Waals surface area contributed by atoms with E-state index in [1.54, 1.807) is 29.1 Å². The molecule has 0 aliphatic carbocycles. The lowest BCUT2D eigenvalue weighted by atomic mass is 10.4. The van der Waals surface area contributed by atoms with Crippen LogP contribution in [0.4, 0.5) is 0 Å². The molecule has 3 heterocycles. The summed E-state index contributed by atoms with van der Waals surface area (Å²) in [5.41, 5.74) is 0.269. The number of nitrogens with zero attached hydrogens (tertiary/aromatic N) is 5. The highest BCUT2D eigenvalue weighted by Gasteiger charge is 2.13. The third-order valence-electron chi connectivity index (χ3n) is 2.65. The first-order valence-corrected chi connectivity index (χ1v) is 6.14. The molecular weight excluding hydrogens is 276 g/mol. The number of hydrogen-bond acceptors (Lipinski definition) is 7. The fourth-order valence-electron chi connectivity index (χ4n) is 1.74. The molecule has 0 aromatic carbocycles. The molecule has 0 unspecified atom stereocenters. The van der Waals surface area contributed by atoms with Gasteiger partial charge in [0.2, 0.25) is 11.7 Å². The van der Waals surface area contributed by atoms with E-state index in [4.69, 9.17) is 9.26 Å². The molecule has 0 spiro atoms. The Morgan fingerprint density at radius 2 is 2.38 bits per heavy atom. The highest BCUT2D eigenvalue weighted by Crippen LogP contribution is 2.03. The van der Waals surface area contributed by atoms with Gasteiger partial charge in [0.1, 0.15) is 12.3 Å². The van der Waals surface area contributed by atoms with Crippen LogP contribution in [0.25, 0.3) is 5.78 Å². The van der Waals surface area contributed by atoms with Crippen molar-refractivity contribution in [1.82, 2.24) is 29.8 Å². The van der Waals surface area contributed by atoms with Gasteiger partial charge >= 0.3 is 0 Å². The highest BCUT2D eigenvalue weighted by molar-refractivity contribution is 5.92. The highest BCUT2D eigenvalue weighted by atomic mass is 16.5. The van der Waals surface area contributed by atoms with Crippen LogP contribution in [0.5, 0.6) is 0 Å². The summed E-state index contributed by atoms with van der Waals surface area (Å²) in [6, 6.07) is 1.76. The molecule has 0 aliphatic heterocycles. The smallest absolute Gasteiger partial charge is 0.272 e. The van der Waals surface area contributed by atoms with Gasteiger partial charge in [-0.15, -0.1) is 0 Å². The first-order chi connectivity index (χ1) is 10.3. The van der Waals surface area contributed by atoms with Gasteiger partial charge in [-0.1, -0.05) is 5.16 Å². The quantitative estimate of drug-likeness (QED) is 0.714. The minimum Gasteiger partial charge on any atom is -0.377 e. The molecule has 0 aliphatic rings. The summed E-state index contributed by atoms with van der Waals surface area (Å²) in [5.74, 6) is 0.853. The van der Waals surface area contributed by atoms with Crippen molar-refractivity contribution >= 4 is 11.7 Å². The molecule has 21 heavy (non-hydrogen) atoms. The molecule has 3 rings (SSSR count).